The number of aliphatic hydroxyl groups excluding tert-OH is 1. The summed E-state index contributed by atoms with van der Waals surface area (Å²) >= 11 is 5.81. The molecule has 0 spiro atoms. The molecule has 110 valence electrons. The van der Waals surface area contributed by atoms with Gasteiger partial charge in [-0.2, -0.15) is 0 Å². The predicted octanol–water partition coefficient (Wildman–Crippen LogP) is 3.35. The van der Waals surface area contributed by atoms with Gasteiger partial charge in [-0.3, -0.25) is 0 Å². The Hall–Kier alpha value is -1.98. The van der Waals surface area contributed by atoms with E-state index in [0.717, 1.165) is 0 Å². The highest BCUT2D eigenvalue weighted by Gasteiger charge is 2.16. The van der Waals surface area contributed by atoms with E-state index in [2.05, 4.69) is 5.32 Å². The molecule has 1 unspecified atom stereocenters. The van der Waals surface area contributed by atoms with E-state index in [1.165, 1.54) is 18.2 Å². The average Bonchev–Trinajstić information content (AvgIpc) is 2.95. The Morgan fingerprint density at radius 3 is 2.86 bits per heavy atom. The van der Waals surface area contributed by atoms with Crippen LogP contribution in [0.5, 0.6) is 11.5 Å². The van der Waals surface area contributed by atoms with Gasteiger partial charge >= 0.3 is 0 Å². The lowest BCUT2D eigenvalue weighted by atomic mass is 10.1. The summed E-state index contributed by atoms with van der Waals surface area (Å²) < 4.78 is 24.0. The van der Waals surface area contributed by atoms with Crippen molar-refractivity contribution < 1.29 is 19.0 Å². The third-order valence-electron chi connectivity index (χ3n) is 3.20. The van der Waals surface area contributed by atoms with Gasteiger partial charge in [-0.1, -0.05) is 17.7 Å². The quantitative estimate of drug-likeness (QED) is 0.909. The first-order chi connectivity index (χ1) is 10.1. The summed E-state index contributed by atoms with van der Waals surface area (Å²) in [5, 5.41) is 13.4. The van der Waals surface area contributed by atoms with Crippen LogP contribution in [0.4, 0.5) is 10.1 Å². The lowest BCUT2D eigenvalue weighted by molar-refractivity contribution is 0.173. The Labute approximate surface area is 126 Å². The molecule has 21 heavy (non-hydrogen) atoms. The van der Waals surface area contributed by atoms with Gasteiger partial charge in [0.2, 0.25) is 6.79 Å². The van der Waals surface area contributed by atoms with Crippen LogP contribution in [0.1, 0.15) is 11.7 Å². The van der Waals surface area contributed by atoms with Gasteiger partial charge in [0.1, 0.15) is 5.82 Å². The van der Waals surface area contributed by atoms with Gasteiger partial charge in [0, 0.05) is 11.6 Å². The van der Waals surface area contributed by atoms with Crippen LogP contribution in [0.2, 0.25) is 5.02 Å². The Bertz CT molecular complexity index is 665. The van der Waals surface area contributed by atoms with Gasteiger partial charge in [-0.25, -0.2) is 4.39 Å². The average molecular weight is 310 g/mol. The maximum atomic E-state index is 13.6. The van der Waals surface area contributed by atoms with Gasteiger partial charge < -0.3 is 19.9 Å². The SMILES string of the molecule is OC(CNc1cc(Cl)ccc1F)c1ccc2c(c1)OCO2. The lowest BCUT2D eigenvalue weighted by Gasteiger charge is -2.14. The van der Waals surface area contributed by atoms with Crippen LogP contribution in [0.3, 0.4) is 0 Å². The van der Waals surface area contributed by atoms with Crippen LogP contribution in [-0.4, -0.2) is 18.4 Å². The molecule has 3 rings (SSSR count). The minimum atomic E-state index is -0.808. The summed E-state index contributed by atoms with van der Waals surface area (Å²) in [7, 11) is 0. The molecule has 2 N–H and O–H groups in total. The molecular formula is C15H13ClFNO3. The van der Waals surface area contributed by atoms with Gasteiger partial charge in [-0.05, 0) is 35.9 Å². The number of aliphatic hydroxyl groups is 1. The zero-order chi connectivity index (χ0) is 14.8. The van der Waals surface area contributed by atoms with Crippen molar-refractivity contribution in [2.45, 2.75) is 6.10 Å². The highest BCUT2D eigenvalue weighted by atomic mass is 35.5. The monoisotopic (exact) mass is 309 g/mol. The predicted molar refractivity (Wildman–Crippen MR) is 77.4 cm³/mol. The van der Waals surface area contributed by atoms with E-state index in [9.17, 15) is 9.50 Å². The maximum absolute atomic E-state index is 13.6. The number of ether oxygens (including phenoxy) is 2. The second kappa shape index (κ2) is 5.79. The second-order valence-corrected chi connectivity index (χ2v) is 5.07. The first-order valence-electron chi connectivity index (χ1n) is 6.40. The molecule has 0 aliphatic carbocycles. The number of halogens is 2. The molecule has 1 aliphatic heterocycles. The van der Waals surface area contributed by atoms with Crippen LogP contribution in [0, 0.1) is 5.82 Å². The summed E-state index contributed by atoms with van der Waals surface area (Å²) in [6, 6.07) is 9.41. The van der Waals surface area contributed by atoms with Crippen molar-refractivity contribution in [2.75, 3.05) is 18.7 Å². The van der Waals surface area contributed by atoms with Crippen LogP contribution in [0.15, 0.2) is 36.4 Å². The number of nitrogens with one attached hydrogen (secondary N) is 1. The van der Waals surface area contributed by atoms with Crippen molar-refractivity contribution in [1.82, 2.24) is 0 Å². The molecule has 1 atom stereocenters. The Balaban J connectivity index is 1.69. The molecule has 0 bridgehead atoms. The summed E-state index contributed by atoms with van der Waals surface area (Å²) in [5.41, 5.74) is 0.913. The van der Waals surface area contributed by atoms with Gasteiger partial charge in [0.05, 0.1) is 11.8 Å². The number of hydrogen-bond acceptors (Lipinski definition) is 4. The lowest BCUT2D eigenvalue weighted by Crippen LogP contribution is -2.13. The van der Waals surface area contributed by atoms with Crippen molar-refractivity contribution in [3.63, 3.8) is 0 Å². The van der Waals surface area contributed by atoms with Crippen LogP contribution >= 0.6 is 11.6 Å². The van der Waals surface area contributed by atoms with E-state index in [4.69, 9.17) is 21.1 Å². The van der Waals surface area contributed by atoms with E-state index in [0.29, 0.717) is 22.1 Å². The number of hydrogen-bond donors (Lipinski definition) is 2. The van der Waals surface area contributed by atoms with Crippen LogP contribution in [-0.2, 0) is 0 Å². The summed E-state index contributed by atoms with van der Waals surface area (Å²) in [6.45, 7) is 0.331. The highest BCUT2D eigenvalue weighted by molar-refractivity contribution is 6.30. The fourth-order valence-corrected chi connectivity index (χ4v) is 2.25. The van der Waals surface area contributed by atoms with E-state index < -0.39 is 11.9 Å². The summed E-state index contributed by atoms with van der Waals surface area (Å²) in [5.74, 6) is 0.831. The molecule has 0 fully saturated rings. The third-order valence-corrected chi connectivity index (χ3v) is 3.43. The van der Waals surface area contributed by atoms with Crippen LogP contribution in [0.25, 0.3) is 0 Å². The molecule has 0 aromatic heterocycles. The van der Waals surface area contributed by atoms with E-state index in [-0.39, 0.29) is 19.0 Å². The Morgan fingerprint density at radius 1 is 1.19 bits per heavy atom. The fourth-order valence-electron chi connectivity index (χ4n) is 2.08. The normalized spacial score (nSPS) is 14.0. The standard InChI is InChI=1S/C15H13ClFNO3/c16-10-2-3-11(17)12(6-10)18-7-13(19)9-1-4-14-15(5-9)21-8-20-14/h1-6,13,18-19H,7-8H2. The third kappa shape index (κ3) is 3.04. The number of fused-ring (bicyclic) bond motifs is 1. The van der Waals surface area contributed by atoms with Crippen LogP contribution < -0.4 is 14.8 Å². The molecule has 6 heteroatoms. The molecule has 2 aromatic rings. The van der Waals surface area contributed by atoms with Crippen molar-refractivity contribution >= 4 is 17.3 Å². The molecule has 4 nitrogen and oxygen atoms in total. The zero-order valence-corrected chi connectivity index (χ0v) is 11.7. The second-order valence-electron chi connectivity index (χ2n) is 4.63. The summed E-state index contributed by atoms with van der Waals surface area (Å²) in [4.78, 5) is 0. The molecule has 0 saturated heterocycles. The molecule has 1 aliphatic rings. The highest BCUT2D eigenvalue weighted by Crippen LogP contribution is 2.34. The number of rotatable bonds is 4. The molecule has 1 heterocycles. The Kier molecular flexibility index (Phi) is 3.86. The zero-order valence-electron chi connectivity index (χ0n) is 11.0. The molecule has 0 amide bonds. The molecular weight excluding hydrogens is 297 g/mol. The fraction of sp³-hybridized carbons (Fsp3) is 0.200. The van der Waals surface area contributed by atoms with Crippen molar-refractivity contribution in [3.05, 3.63) is 52.8 Å². The van der Waals surface area contributed by atoms with Crippen molar-refractivity contribution in [3.8, 4) is 11.5 Å². The number of anilines is 1. The molecule has 0 saturated carbocycles. The van der Waals surface area contributed by atoms with Gasteiger partial charge in [0.25, 0.3) is 0 Å². The minimum absolute atomic E-state index is 0.150. The van der Waals surface area contributed by atoms with Gasteiger partial charge in [0.15, 0.2) is 11.5 Å². The largest absolute Gasteiger partial charge is 0.454 e. The van der Waals surface area contributed by atoms with E-state index >= 15 is 0 Å². The molecule has 0 radical (unpaired) electrons. The van der Waals surface area contributed by atoms with E-state index in [1.54, 1.807) is 18.2 Å². The first kappa shape index (κ1) is 14.0. The van der Waals surface area contributed by atoms with E-state index in [1.807, 2.05) is 0 Å². The topological polar surface area (TPSA) is 50.7 Å². The Morgan fingerprint density at radius 2 is 2.00 bits per heavy atom. The number of benzene rings is 2. The van der Waals surface area contributed by atoms with Gasteiger partial charge in [-0.15, -0.1) is 0 Å². The molecule has 2 aromatic carbocycles. The van der Waals surface area contributed by atoms with Crippen molar-refractivity contribution in [1.29, 1.82) is 0 Å². The van der Waals surface area contributed by atoms with Crippen molar-refractivity contribution in [2.24, 2.45) is 0 Å². The summed E-state index contributed by atoms with van der Waals surface area (Å²) in [6.07, 6.45) is -0.808. The first-order valence-corrected chi connectivity index (χ1v) is 6.78. The smallest absolute Gasteiger partial charge is 0.231 e. The maximum Gasteiger partial charge on any atom is 0.231 e. The minimum Gasteiger partial charge on any atom is -0.454 e.